The standard InChI is InChI=1S/C16H22N2O/c1-5-14-15(13-8-6-12(4)7-9-13)18(10-11(2)3)17-16(14)19/h6-9,11H,5,10H2,1-4H3,(H,17,19). The van der Waals surface area contributed by atoms with Gasteiger partial charge >= 0.3 is 0 Å². The fraction of sp³-hybridized carbons (Fsp3) is 0.438. The molecule has 1 heterocycles. The Bertz CT molecular complexity index is 603. The van der Waals surface area contributed by atoms with Gasteiger partial charge in [-0.3, -0.25) is 14.6 Å². The molecule has 102 valence electrons. The predicted molar refractivity (Wildman–Crippen MR) is 79.4 cm³/mol. The van der Waals surface area contributed by atoms with Gasteiger partial charge in [-0.15, -0.1) is 0 Å². The van der Waals surface area contributed by atoms with Crippen LogP contribution in [0.15, 0.2) is 29.1 Å². The number of rotatable bonds is 4. The highest BCUT2D eigenvalue weighted by Gasteiger charge is 2.15. The SMILES string of the molecule is CCc1c(-c2ccc(C)cc2)n(CC(C)C)[nH]c1=O. The monoisotopic (exact) mass is 258 g/mol. The molecule has 3 heteroatoms. The molecule has 3 nitrogen and oxygen atoms in total. The first-order valence-corrected chi connectivity index (χ1v) is 6.91. The molecule has 2 aromatic rings. The van der Waals surface area contributed by atoms with Gasteiger partial charge in [-0.25, -0.2) is 0 Å². The Labute approximate surface area is 114 Å². The molecule has 1 N–H and O–H groups in total. The molecule has 0 aliphatic carbocycles. The van der Waals surface area contributed by atoms with E-state index in [9.17, 15) is 4.79 Å². The van der Waals surface area contributed by atoms with Crippen LogP contribution in [-0.4, -0.2) is 9.78 Å². The normalized spacial score (nSPS) is 11.2. The number of aryl methyl sites for hydroxylation is 1. The topological polar surface area (TPSA) is 37.8 Å². The highest BCUT2D eigenvalue weighted by atomic mass is 16.1. The van der Waals surface area contributed by atoms with E-state index in [1.54, 1.807) is 0 Å². The summed E-state index contributed by atoms with van der Waals surface area (Å²) in [5, 5.41) is 2.97. The second kappa shape index (κ2) is 5.47. The van der Waals surface area contributed by atoms with Gasteiger partial charge < -0.3 is 0 Å². The lowest BCUT2D eigenvalue weighted by Crippen LogP contribution is -2.10. The highest BCUT2D eigenvalue weighted by molar-refractivity contribution is 5.63. The van der Waals surface area contributed by atoms with E-state index in [-0.39, 0.29) is 5.56 Å². The number of aromatic nitrogens is 2. The second-order valence-electron chi connectivity index (χ2n) is 5.49. The van der Waals surface area contributed by atoms with E-state index >= 15 is 0 Å². The lowest BCUT2D eigenvalue weighted by atomic mass is 10.0. The summed E-state index contributed by atoms with van der Waals surface area (Å²) < 4.78 is 2.00. The molecule has 0 atom stereocenters. The molecule has 0 unspecified atom stereocenters. The van der Waals surface area contributed by atoms with E-state index in [1.165, 1.54) is 5.56 Å². The first-order chi connectivity index (χ1) is 9.02. The van der Waals surface area contributed by atoms with Crippen molar-refractivity contribution in [1.29, 1.82) is 0 Å². The summed E-state index contributed by atoms with van der Waals surface area (Å²) in [4.78, 5) is 12.0. The molecule has 0 aliphatic heterocycles. The number of nitrogens with one attached hydrogen (secondary N) is 1. The van der Waals surface area contributed by atoms with Crippen molar-refractivity contribution in [3.05, 3.63) is 45.7 Å². The summed E-state index contributed by atoms with van der Waals surface area (Å²) in [6.07, 6.45) is 0.754. The summed E-state index contributed by atoms with van der Waals surface area (Å²) >= 11 is 0. The van der Waals surface area contributed by atoms with Crippen molar-refractivity contribution < 1.29 is 0 Å². The zero-order valence-corrected chi connectivity index (χ0v) is 12.2. The van der Waals surface area contributed by atoms with Crippen LogP contribution < -0.4 is 5.56 Å². The average Bonchev–Trinajstić information content (AvgIpc) is 2.65. The second-order valence-corrected chi connectivity index (χ2v) is 5.49. The van der Waals surface area contributed by atoms with Crippen molar-refractivity contribution in [3.63, 3.8) is 0 Å². The van der Waals surface area contributed by atoms with Crippen molar-refractivity contribution >= 4 is 0 Å². The lowest BCUT2D eigenvalue weighted by molar-refractivity contribution is 0.484. The van der Waals surface area contributed by atoms with Gasteiger partial charge in [0.1, 0.15) is 0 Å². The van der Waals surface area contributed by atoms with Crippen molar-refractivity contribution in [2.45, 2.75) is 40.7 Å². The summed E-state index contributed by atoms with van der Waals surface area (Å²) in [6.45, 7) is 9.25. The first kappa shape index (κ1) is 13.7. The third-order valence-electron chi connectivity index (χ3n) is 3.29. The average molecular weight is 258 g/mol. The van der Waals surface area contributed by atoms with Crippen LogP contribution in [0.4, 0.5) is 0 Å². The van der Waals surface area contributed by atoms with Crippen LogP contribution in [0, 0.1) is 12.8 Å². The third kappa shape index (κ3) is 2.80. The van der Waals surface area contributed by atoms with Crippen molar-refractivity contribution in [1.82, 2.24) is 9.78 Å². The van der Waals surface area contributed by atoms with Gasteiger partial charge in [0.2, 0.25) is 0 Å². The molecular formula is C16H22N2O. The van der Waals surface area contributed by atoms with E-state index in [4.69, 9.17) is 0 Å². The number of hydrogen-bond acceptors (Lipinski definition) is 1. The van der Waals surface area contributed by atoms with Crippen LogP contribution >= 0.6 is 0 Å². The molecule has 0 spiro atoms. The molecule has 1 aromatic carbocycles. The maximum atomic E-state index is 12.0. The first-order valence-electron chi connectivity index (χ1n) is 6.91. The minimum absolute atomic E-state index is 0.0405. The zero-order valence-electron chi connectivity index (χ0n) is 12.2. The Balaban J connectivity index is 2.58. The lowest BCUT2D eigenvalue weighted by Gasteiger charge is -2.12. The smallest absolute Gasteiger partial charge is 0.267 e. The van der Waals surface area contributed by atoms with Crippen LogP contribution in [-0.2, 0) is 13.0 Å². The molecule has 0 bridgehead atoms. The quantitative estimate of drug-likeness (QED) is 0.897. The molecule has 0 radical (unpaired) electrons. The van der Waals surface area contributed by atoms with Gasteiger partial charge in [0, 0.05) is 17.7 Å². The Morgan fingerprint density at radius 1 is 1.21 bits per heavy atom. The minimum Gasteiger partial charge on any atom is -0.284 e. The Kier molecular flexibility index (Phi) is 3.93. The summed E-state index contributed by atoms with van der Waals surface area (Å²) in [7, 11) is 0. The molecule has 0 saturated heterocycles. The molecule has 0 aliphatic rings. The van der Waals surface area contributed by atoms with Gasteiger partial charge in [0.25, 0.3) is 5.56 Å². The zero-order chi connectivity index (χ0) is 14.0. The van der Waals surface area contributed by atoms with E-state index < -0.39 is 0 Å². The van der Waals surface area contributed by atoms with Crippen molar-refractivity contribution in [2.24, 2.45) is 5.92 Å². The third-order valence-corrected chi connectivity index (χ3v) is 3.29. The molecule has 19 heavy (non-hydrogen) atoms. The van der Waals surface area contributed by atoms with E-state index in [2.05, 4.69) is 50.1 Å². The summed E-state index contributed by atoms with van der Waals surface area (Å²) in [6, 6.07) is 8.36. The molecule has 0 saturated carbocycles. The Hall–Kier alpha value is -1.77. The maximum absolute atomic E-state index is 12.0. The Morgan fingerprint density at radius 2 is 1.84 bits per heavy atom. The number of benzene rings is 1. The molecular weight excluding hydrogens is 236 g/mol. The number of H-pyrrole nitrogens is 1. The van der Waals surface area contributed by atoms with E-state index in [0.717, 1.165) is 29.8 Å². The molecule has 0 amide bonds. The van der Waals surface area contributed by atoms with Crippen molar-refractivity contribution in [3.8, 4) is 11.3 Å². The molecule has 2 rings (SSSR count). The minimum atomic E-state index is 0.0405. The number of aromatic amines is 1. The van der Waals surface area contributed by atoms with E-state index in [1.807, 2.05) is 11.6 Å². The molecule has 1 aromatic heterocycles. The fourth-order valence-electron chi connectivity index (χ4n) is 2.39. The van der Waals surface area contributed by atoms with Crippen LogP contribution in [0.5, 0.6) is 0 Å². The van der Waals surface area contributed by atoms with Crippen LogP contribution in [0.25, 0.3) is 11.3 Å². The number of nitrogens with zero attached hydrogens (tertiary/aromatic N) is 1. The molecule has 0 fully saturated rings. The van der Waals surface area contributed by atoms with Crippen LogP contribution in [0.1, 0.15) is 31.9 Å². The van der Waals surface area contributed by atoms with Crippen molar-refractivity contribution in [2.75, 3.05) is 0 Å². The van der Waals surface area contributed by atoms with E-state index in [0.29, 0.717) is 5.92 Å². The van der Waals surface area contributed by atoms with Gasteiger partial charge in [-0.2, -0.15) is 0 Å². The summed E-state index contributed by atoms with van der Waals surface area (Å²) in [5.41, 5.74) is 4.31. The van der Waals surface area contributed by atoms with Gasteiger partial charge in [0.15, 0.2) is 0 Å². The number of hydrogen-bond donors (Lipinski definition) is 1. The summed E-state index contributed by atoms with van der Waals surface area (Å²) in [5.74, 6) is 0.497. The maximum Gasteiger partial charge on any atom is 0.267 e. The predicted octanol–water partition coefficient (Wildman–Crippen LogP) is 3.37. The Morgan fingerprint density at radius 3 is 2.37 bits per heavy atom. The van der Waals surface area contributed by atoms with Crippen LogP contribution in [0.3, 0.4) is 0 Å². The van der Waals surface area contributed by atoms with Gasteiger partial charge in [-0.05, 0) is 19.3 Å². The van der Waals surface area contributed by atoms with Crippen LogP contribution in [0.2, 0.25) is 0 Å². The highest BCUT2D eigenvalue weighted by Crippen LogP contribution is 2.23. The van der Waals surface area contributed by atoms with Gasteiger partial charge in [-0.1, -0.05) is 50.6 Å². The fourth-order valence-corrected chi connectivity index (χ4v) is 2.39. The van der Waals surface area contributed by atoms with Gasteiger partial charge in [0.05, 0.1) is 5.69 Å². The largest absolute Gasteiger partial charge is 0.284 e.